The third kappa shape index (κ3) is 19.9. The second kappa shape index (κ2) is 21.7. The van der Waals surface area contributed by atoms with Crippen LogP contribution in [0.5, 0.6) is 0 Å². The number of hydrogen-bond acceptors (Lipinski definition) is 1. The van der Waals surface area contributed by atoms with Gasteiger partial charge in [-0.3, -0.25) is 4.90 Å². The fourth-order valence-electron chi connectivity index (χ4n) is 3.49. The Labute approximate surface area is 160 Å². The van der Waals surface area contributed by atoms with Crippen molar-refractivity contribution in [3.05, 3.63) is 12.2 Å². The fraction of sp³-hybridized carbons (Fsp3) is 0.917. The van der Waals surface area contributed by atoms with Crippen molar-refractivity contribution in [2.45, 2.75) is 124 Å². The Morgan fingerprint density at radius 3 is 1.24 bits per heavy atom. The molecule has 0 aliphatic rings. The number of rotatable bonds is 20. The molecule has 1 nitrogen and oxygen atoms in total. The lowest BCUT2D eigenvalue weighted by Gasteiger charge is -2.20. The summed E-state index contributed by atoms with van der Waals surface area (Å²) in [5.41, 5.74) is 0. The Morgan fingerprint density at radius 2 is 0.880 bits per heavy atom. The van der Waals surface area contributed by atoms with E-state index in [1.807, 2.05) is 0 Å². The summed E-state index contributed by atoms with van der Waals surface area (Å²) in [6, 6.07) is 0. The molecule has 0 bridgehead atoms. The van der Waals surface area contributed by atoms with Crippen LogP contribution in [0.15, 0.2) is 12.2 Å². The van der Waals surface area contributed by atoms with E-state index < -0.39 is 0 Å². The Bertz CT molecular complexity index is 239. The summed E-state index contributed by atoms with van der Waals surface area (Å²) in [7, 11) is 0. The zero-order valence-electron chi connectivity index (χ0n) is 18.0. The zero-order valence-corrected chi connectivity index (χ0v) is 18.0. The molecule has 0 aromatic heterocycles. The van der Waals surface area contributed by atoms with Gasteiger partial charge < -0.3 is 0 Å². The summed E-state index contributed by atoms with van der Waals surface area (Å²) in [4.78, 5) is 2.67. The molecule has 25 heavy (non-hydrogen) atoms. The summed E-state index contributed by atoms with van der Waals surface area (Å²) in [5, 5.41) is 0. The average Bonchev–Trinajstić information content (AvgIpc) is 2.63. The van der Waals surface area contributed by atoms with Crippen molar-refractivity contribution in [1.29, 1.82) is 0 Å². The van der Waals surface area contributed by atoms with Gasteiger partial charge in [0.15, 0.2) is 0 Å². The van der Waals surface area contributed by atoms with Crippen molar-refractivity contribution in [3.63, 3.8) is 0 Å². The van der Waals surface area contributed by atoms with Crippen molar-refractivity contribution in [2.75, 3.05) is 19.6 Å². The first kappa shape index (κ1) is 24.7. The second-order valence-electron chi connectivity index (χ2n) is 7.82. The lowest BCUT2D eigenvalue weighted by atomic mass is 10.1. The van der Waals surface area contributed by atoms with E-state index in [0.29, 0.717) is 0 Å². The molecule has 0 N–H and O–H groups in total. The molecule has 0 atom stereocenters. The molecule has 0 aromatic carbocycles. The van der Waals surface area contributed by atoms with Gasteiger partial charge in [-0.05, 0) is 32.9 Å². The van der Waals surface area contributed by atoms with Crippen LogP contribution in [0.2, 0.25) is 0 Å². The molecule has 0 spiro atoms. The normalized spacial score (nSPS) is 11.8. The van der Waals surface area contributed by atoms with Crippen molar-refractivity contribution in [3.8, 4) is 0 Å². The molecule has 0 aliphatic heterocycles. The third-order valence-electron chi connectivity index (χ3n) is 5.26. The van der Waals surface area contributed by atoms with Crippen LogP contribution < -0.4 is 0 Å². The van der Waals surface area contributed by atoms with Crippen LogP contribution in [0.1, 0.15) is 124 Å². The van der Waals surface area contributed by atoms with E-state index in [1.165, 1.54) is 116 Å². The zero-order chi connectivity index (χ0) is 18.4. The number of unbranched alkanes of at least 4 members (excludes halogenated alkanes) is 14. The van der Waals surface area contributed by atoms with Crippen molar-refractivity contribution in [2.24, 2.45) is 0 Å². The summed E-state index contributed by atoms with van der Waals surface area (Å²) < 4.78 is 0. The number of hydrogen-bond donors (Lipinski definition) is 0. The highest BCUT2D eigenvalue weighted by Gasteiger charge is 2.03. The minimum atomic E-state index is 1.16. The average molecular weight is 352 g/mol. The summed E-state index contributed by atoms with van der Waals surface area (Å²) >= 11 is 0. The molecule has 0 aromatic rings. The topological polar surface area (TPSA) is 3.24 Å². The van der Waals surface area contributed by atoms with Gasteiger partial charge >= 0.3 is 0 Å². The van der Waals surface area contributed by atoms with Crippen molar-refractivity contribution in [1.82, 2.24) is 4.90 Å². The van der Waals surface area contributed by atoms with Gasteiger partial charge in [-0.25, -0.2) is 0 Å². The first-order valence-corrected chi connectivity index (χ1v) is 11.7. The molecule has 0 heterocycles. The molecule has 0 fully saturated rings. The highest BCUT2D eigenvalue weighted by Crippen LogP contribution is 2.11. The molecular weight excluding hydrogens is 302 g/mol. The molecular formula is C24H49N. The summed E-state index contributed by atoms with van der Waals surface area (Å²) in [6.07, 6.45) is 27.3. The van der Waals surface area contributed by atoms with E-state index in [2.05, 4.69) is 37.8 Å². The van der Waals surface area contributed by atoms with E-state index in [4.69, 9.17) is 0 Å². The monoisotopic (exact) mass is 351 g/mol. The number of nitrogens with zero attached hydrogens (tertiary/aromatic N) is 1. The van der Waals surface area contributed by atoms with Crippen molar-refractivity contribution >= 4 is 0 Å². The third-order valence-corrected chi connectivity index (χ3v) is 5.26. The Balaban J connectivity index is 3.58. The molecule has 0 amide bonds. The van der Waals surface area contributed by atoms with Gasteiger partial charge in [-0.1, -0.05) is 116 Å². The predicted molar refractivity (Wildman–Crippen MR) is 116 cm³/mol. The first-order chi connectivity index (χ1) is 12.3. The van der Waals surface area contributed by atoms with Crippen molar-refractivity contribution < 1.29 is 0 Å². The van der Waals surface area contributed by atoms with Crippen LogP contribution in [0.3, 0.4) is 0 Å². The highest BCUT2D eigenvalue weighted by molar-refractivity contribution is 4.81. The standard InChI is InChI=1S/C24H49N/c1-4-7-10-12-14-16-18-20-23-25(22-9-6-3)24-21-19-17-15-13-11-8-5-2/h6,9H,4-5,7-8,10-24H2,1-3H3/b9-6+. The maximum Gasteiger partial charge on any atom is 0.0163 e. The molecule has 0 saturated carbocycles. The number of allylic oxidation sites excluding steroid dienone is 1. The fourth-order valence-corrected chi connectivity index (χ4v) is 3.49. The molecule has 0 rings (SSSR count). The van der Waals surface area contributed by atoms with E-state index in [0.717, 1.165) is 6.54 Å². The smallest absolute Gasteiger partial charge is 0.0163 e. The molecule has 150 valence electrons. The predicted octanol–water partition coefficient (Wildman–Crippen LogP) is 8.15. The minimum Gasteiger partial charge on any atom is -0.300 e. The lowest BCUT2D eigenvalue weighted by Crippen LogP contribution is -2.26. The summed E-state index contributed by atoms with van der Waals surface area (Å²) in [5.74, 6) is 0. The van der Waals surface area contributed by atoms with Crippen LogP contribution in [0.25, 0.3) is 0 Å². The maximum atomic E-state index is 2.67. The van der Waals surface area contributed by atoms with E-state index in [-0.39, 0.29) is 0 Å². The maximum absolute atomic E-state index is 2.67. The van der Waals surface area contributed by atoms with E-state index >= 15 is 0 Å². The van der Waals surface area contributed by atoms with Crippen LogP contribution in [-0.4, -0.2) is 24.5 Å². The molecule has 0 aliphatic carbocycles. The molecule has 0 saturated heterocycles. The lowest BCUT2D eigenvalue weighted by molar-refractivity contribution is 0.286. The Hall–Kier alpha value is -0.300. The van der Waals surface area contributed by atoms with Gasteiger partial charge in [0.05, 0.1) is 0 Å². The van der Waals surface area contributed by atoms with E-state index in [9.17, 15) is 0 Å². The molecule has 1 heteroatoms. The molecule has 0 unspecified atom stereocenters. The van der Waals surface area contributed by atoms with Gasteiger partial charge in [0.2, 0.25) is 0 Å². The Morgan fingerprint density at radius 1 is 0.520 bits per heavy atom. The van der Waals surface area contributed by atoms with E-state index in [1.54, 1.807) is 0 Å². The summed E-state index contributed by atoms with van der Waals surface area (Å²) in [6.45, 7) is 10.5. The van der Waals surface area contributed by atoms with Gasteiger partial charge in [0.1, 0.15) is 0 Å². The van der Waals surface area contributed by atoms with Crippen LogP contribution in [0.4, 0.5) is 0 Å². The highest BCUT2D eigenvalue weighted by atomic mass is 15.1. The van der Waals surface area contributed by atoms with Gasteiger partial charge in [0.25, 0.3) is 0 Å². The van der Waals surface area contributed by atoms with Crippen LogP contribution >= 0.6 is 0 Å². The Kier molecular flexibility index (Phi) is 21.5. The first-order valence-electron chi connectivity index (χ1n) is 11.7. The minimum absolute atomic E-state index is 1.16. The largest absolute Gasteiger partial charge is 0.300 e. The van der Waals surface area contributed by atoms with Gasteiger partial charge in [0, 0.05) is 6.54 Å². The second-order valence-corrected chi connectivity index (χ2v) is 7.82. The van der Waals surface area contributed by atoms with Crippen LogP contribution in [-0.2, 0) is 0 Å². The van der Waals surface area contributed by atoms with Gasteiger partial charge in [-0.2, -0.15) is 0 Å². The molecule has 0 radical (unpaired) electrons. The SMILES string of the molecule is C/C=C/CN(CCCCCCCCCC)CCCCCCCCCC. The van der Waals surface area contributed by atoms with Gasteiger partial charge in [-0.15, -0.1) is 0 Å². The quantitative estimate of drug-likeness (QED) is 0.158. The van der Waals surface area contributed by atoms with Crippen LogP contribution in [0, 0.1) is 0 Å².